The highest BCUT2D eigenvalue weighted by Gasteiger charge is 2.68. The second-order valence-electron chi connectivity index (χ2n) is 4.60. The zero-order chi connectivity index (χ0) is 12.1. The van der Waals surface area contributed by atoms with E-state index in [0.717, 1.165) is 4.57 Å². The fraction of sp³-hybridized carbons (Fsp3) is 0.600. The highest BCUT2D eigenvalue weighted by atomic mass is 19.1. The van der Waals surface area contributed by atoms with Crippen molar-refractivity contribution >= 4 is 0 Å². The summed E-state index contributed by atoms with van der Waals surface area (Å²) in [6.07, 6.45) is 1.27. The minimum atomic E-state index is -1.90. The fourth-order valence-electron chi connectivity index (χ4n) is 1.86. The molecule has 1 aromatic rings. The van der Waals surface area contributed by atoms with Crippen LogP contribution in [0.15, 0.2) is 15.8 Å². The molecular weight excluding hydrogens is 215 g/mol. The van der Waals surface area contributed by atoms with E-state index in [1.807, 2.05) is 4.98 Å². The van der Waals surface area contributed by atoms with Crippen molar-refractivity contribution in [3.63, 3.8) is 0 Å². The van der Waals surface area contributed by atoms with Gasteiger partial charge in [-0.2, -0.15) is 0 Å². The number of aliphatic hydroxyl groups is 1. The largest absolute Gasteiger partial charge is 0.396 e. The Morgan fingerprint density at radius 3 is 2.75 bits per heavy atom. The highest BCUT2D eigenvalue weighted by Crippen LogP contribution is 2.61. The molecule has 0 amide bonds. The van der Waals surface area contributed by atoms with Gasteiger partial charge in [-0.25, -0.2) is 9.18 Å². The third-order valence-corrected chi connectivity index (χ3v) is 3.28. The van der Waals surface area contributed by atoms with Crippen LogP contribution in [0.5, 0.6) is 0 Å². The number of aliphatic hydroxyl groups excluding tert-OH is 1. The quantitative estimate of drug-likeness (QED) is 0.740. The van der Waals surface area contributed by atoms with E-state index in [4.69, 9.17) is 5.11 Å². The van der Waals surface area contributed by atoms with Crippen LogP contribution in [0.25, 0.3) is 0 Å². The molecule has 0 radical (unpaired) electrons. The number of hydrogen-bond donors (Lipinski definition) is 2. The first-order valence-corrected chi connectivity index (χ1v) is 4.97. The Bertz CT molecular complexity index is 550. The van der Waals surface area contributed by atoms with Gasteiger partial charge < -0.3 is 5.11 Å². The zero-order valence-corrected chi connectivity index (χ0v) is 9.08. The molecule has 0 unspecified atom stereocenters. The number of H-pyrrole nitrogens is 1. The van der Waals surface area contributed by atoms with E-state index in [0.29, 0.717) is 0 Å². The van der Waals surface area contributed by atoms with Crippen LogP contribution in [-0.4, -0.2) is 21.3 Å². The Balaban J connectivity index is 2.56. The van der Waals surface area contributed by atoms with Gasteiger partial charge in [0.05, 0.1) is 6.61 Å². The van der Waals surface area contributed by atoms with Gasteiger partial charge in [-0.05, 0) is 6.92 Å². The maximum absolute atomic E-state index is 14.3. The third-order valence-electron chi connectivity index (χ3n) is 3.28. The molecule has 1 heterocycles. The number of nitrogens with one attached hydrogen (secondary N) is 1. The van der Waals surface area contributed by atoms with E-state index in [1.54, 1.807) is 6.92 Å². The standard InChI is InChI=1S/C10H13FN2O3/c1-6-3-13(8(16)12-7(6)15)10(11)4-9(10,2)5-14/h3,14H,4-5H2,1-2H3,(H,12,15,16)/t9-,10-/m1/s1. The second-order valence-corrected chi connectivity index (χ2v) is 4.60. The van der Waals surface area contributed by atoms with Crippen molar-refractivity contribution < 1.29 is 9.50 Å². The molecule has 88 valence electrons. The molecule has 2 rings (SSSR count). The smallest absolute Gasteiger partial charge is 0.330 e. The lowest BCUT2D eigenvalue weighted by Crippen LogP contribution is -2.37. The molecule has 0 saturated heterocycles. The Kier molecular flexibility index (Phi) is 2.10. The monoisotopic (exact) mass is 228 g/mol. The summed E-state index contributed by atoms with van der Waals surface area (Å²) >= 11 is 0. The van der Waals surface area contributed by atoms with Gasteiger partial charge in [0, 0.05) is 23.6 Å². The van der Waals surface area contributed by atoms with Crippen molar-refractivity contribution in [1.82, 2.24) is 9.55 Å². The van der Waals surface area contributed by atoms with Gasteiger partial charge >= 0.3 is 5.69 Å². The third kappa shape index (κ3) is 1.26. The molecular formula is C10H13FN2O3. The fourth-order valence-corrected chi connectivity index (χ4v) is 1.86. The predicted octanol–water partition coefficient (Wildman–Crippen LogP) is -0.130. The lowest BCUT2D eigenvalue weighted by atomic mass is 10.1. The van der Waals surface area contributed by atoms with Crippen molar-refractivity contribution in [2.45, 2.75) is 26.1 Å². The van der Waals surface area contributed by atoms with Crippen LogP contribution in [0.4, 0.5) is 4.39 Å². The van der Waals surface area contributed by atoms with Crippen LogP contribution >= 0.6 is 0 Å². The van der Waals surface area contributed by atoms with Crippen LogP contribution in [-0.2, 0) is 5.79 Å². The van der Waals surface area contributed by atoms with Gasteiger partial charge in [0.1, 0.15) is 0 Å². The molecule has 1 aromatic heterocycles. The average molecular weight is 228 g/mol. The molecule has 1 aliphatic carbocycles. The van der Waals surface area contributed by atoms with Crippen LogP contribution in [0.2, 0.25) is 0 Å². The van der Waals surface area contributed by atoms with Crippen LogP contribution in [0.3, 0.4) is 0 Å². The summed E-state index contributed by atoms with van der Waals surface area (Å²) < 4.78 is 15.2. The maximum atomic E-state index is 14.3. The minimum Gasteiger partial charge on any atom is -0.396 e. The highest BCUT2D eigenvalue weighted by molar-refractivity contribution is 5.13. The number of nitrogens with zero attached hydrogens (tertiary/aromatic N) is 1. The summed E-state index contributed by atoms with van der Waals surface area (Å²) in [6, 6.07) is 0. The van der Waals surface area contributed by atoms with Gasteiger partial charge in [-0.1, -0.05) is 6.92 Å². The molecule has 0 bridgehead atoms. The molecule has 1 fully saturated rings. The first-order chi connectivity index (χ1) is 7.34. The number of aromatic nitrogens is 2. The number of rotatable bonds is 2. The summed E-state index contributed by atoms with van der Waals surface area (Å²) in [6.45, 7) is 2.71. The lowest BCUT2D eigenvalue weighted by Gasteiger charge is -2.15. The molecule has 1 aliphatic rings. The van der Waals surface area contributed by atoms with E-state index in [-0.39, 0.29) is 18.6 Å². The summed E-state index contributed by atoms with van der Waals surface area (Å²) in [4.78, 5) is 24.6. The lowest BCUT2D eigenvalue weighted by molar-refractivity contribution is 0.0941. The van der Waals surface area contributed by atoms with E-state index >= 15 is 0 Å². The van der Waals surface area contributed by atoms with E-state index in [2.05, 4.69) is 0 Å². The number of halogens is 1. The van der Waals surface area contributed by atoms with Crippen LogP contribution in [0, 0.1) is 12.3 Å². The summed E-state index contributed by atoms with van der Waals surface area (Å²) in [5.41, 5.74) is -1.98. The summed E-state index contributed by atoms with van der Waals surface area (Å²) in [5, 5.41) is 9.05. The Morgan fingerprint density at radius 2 is 2.25 bits per heavy atom. The Labute approximate surface area is 90.5 Å². The summed E-state index contributed by atoms with van der Waals surface area (Å²) in [7, 11) is 0. The van der Waals surface area contributed by atoms with Gasteiger partial charge in [-0.3, -0.25) is 14.3 Å². The molecule has 1 saturated carbocycles. The molecule has 2 atom stereocenters. The van der Waals surface area contributed by atoms with Crippen molar-refractivity contribution in [3.8, 4) is 0 Å². The molecule has 16 heavy (non-hydrogen) atoms. The minimum absolute atomic E-state index is 0.0713. The van der Waals surface area contributed by atoms with E-state index in [1.165, 1.54) is 13.1 Å². The maximum Gasteiger partial charge on any atom is 0.330 e. The first-order valence-electron chi connectivity index (χ1n) is 4.97. The normalized spacial score (nSPS) is 32.8. The van der Waals surface area contributed by atoms with Crippen molar-refractivity contribution in [3.05, 3.63) is 32.6 Å². The predicted molar refractivity (Wildman–Crippen MR) is 55.0 cm³/mol. The first kappa shape index (κ1) is 11.1. The van der Waals surface area contributed by atoms with E-state index in [9.17, 15) is 14.0 Å². The Hall–Kier alpha value is -1.43. The van der Waals surface area contributed by atoms with E-state index < -0.39 is 22.5 Å². The molecule has 6 heteroatoms. The van der Waals surface area contributed by atoms with Gasteiger partial charge in [-0.15, -0.1) is 0 Å². The number of hydrogen-bond acceptors (Lipinski definition) is 3. The van der Waals surface area contributed by atoms with Crippen LogP contribution in [0.1, 0.15) is 18.9 Å². The number of alkyl halides is 1. The van der Waals surface area contributed by atoms with Crippen molar-refractivity contribution in [2.75, 3.05) is 6.61 Å². The Morgan fingerprint density at radius 1 is 1.62 bits per heavy atom. The van der Waals surface area contributed by atoms with Gasteiger partial charge in [0.25, 0.3) is 5.56 Å². The average Bonchev–Trinajstić information content (AvgIpc) is 2.77. The van der Waals surface area contributed by atoms with Gasteiger partial charge in [0.15, 0.2) is 5.79 Å². The number of aryl methyl sites for hydroxylation is 1. The zero-order valence-electron chi connectivity index (χ0n) is 9.08. The van der Waals surface area contributed by atoms with Gasteiger partial charge in [0.2, 0.25) is 0 Å². The summed E-state index contributed by atoms with van der Waals surface area (Å²) in [5.74, 6) is -1.90. The van der Waals surface area contributed by atoms with Crippen molar-refractivity contribution in [2.24, 2.45) is 5.41 Å². The topological polar surface area (TPSA) is 75.1 Å². The molecule has 0 spiro atoms. The second kappa shape index (κ2) is 3.04. The van der Waals surface area contributed by atoms with Crippen LogP contribution < -0.4 is 11.2 Å². The number of aromatic amines is 1. The molecule has 0 aromatic carbocycles. The molecule has 5 nitrogen and oxygen atoms in total. The van der Waals surface area contributed by atoms with Crippen molar-refractivity contribution in [1.29, 1.82) is 0 Å². The molecule has 2 N–H and O–H groups in total. The molecule has 0 aliphatic heterocycles. The SMILES string of the molecule is Cc1cn([C@]2(F)C[C@]2(C)CO)c(=O)[nH]c1=O.